The first-order chi connectivity index (χ1) is 24.9. The zero-order valence-corrected chi connectivity index (χ0v) is 32.0. The summed E-state index contributed by atoms with van der Waals surface area (Å²) in [7, 11) is 0. The summed E-state index contributed by atoms with van der Waals surface area (Å²) < 4.78 is 0. The highest BCUT2D eigenvalue weighted by atomic mass is 15.2. The Labute approximate surface area is 309 Å². The molecule has 2 heteroatoms. The highest BCUT2D eigenvalue weighted by molar-refractivity contribution is 6.29. The van der Waals surface area contributed by atoms with Gasteiger partial charge in [-0.1, -0.05) is 128 Å². The molecule has 52 heavy (non-hydrogen) atoms. The quantitative estimate of drug-likeness (QED) is 0.162. The monoisotopic (exact) mass is 676 g/mol. The lowest BCUT2D eigenvalue weighted by Crippen LogP contribution is -2.16. The van der Waals surface area contributed by atoms with Gasteiger partial charge in [0.25, 0.3) is 0 Å². The molecule has 0 spiro atoms. The number of nitrogens with zero attached hydrogens (tertiary/aromatic N) is 2. The van der Waals surface area contributed by atoms with Crippen LogP contribution in [0.3, 0.4) is 0 Å². The second-order valence-corrected chi connectivity index (χ2v) is 16.0. The molecule has 0 fully saturated rings. The van der Waals surface area contributed by atoms with Gasteiger partial charge in [-0.3, -0.25) is 0 Å². The van der Waals surface area contributed by atoms with Crippen LogP contribution in [0.4, 0.5) is 34.1 Å². The van der Waals surface area contributed by atoms with Crippen molar-refractivity contribution in [1.29, 1.82) is 0 Å². The van der Waals surface area contributed by atoms with E-state index in [0.29, 0.717) is 0 Å². The average Bonchev–Trinajstić information content (AvgIpc) is 3.10. The third-order valence-corrected chi connectivity index (χ3v) is 10.8. The summed E-state index contributed by atoms with van der Waals surface area (Å²) in [6.07, 6.45) is 0. The van der Waals surface area contributed by atoms with Gasteiger partial charge in [0.2, 0.25) is 0 Å². The number of anilines is 6. The van der Waals surface area contributed by atoms with Gasteiger partial charge >= 0.3 is 0 Å². The Morgan fingerprint density at radius 1 is 0.365 bits per heavy atom. The van der Waals surface area contributed by atoms with Crippen LogP contribution >= 0.6 is 0 Å². The molecule has 0 N–H and O–H groups in total. The van der Waals surface area contributed by atoms with Crippen molar-refractivity contribution < 1.29 is 0 Å². The van der Waals surface area contributed by atoms with Crippen molar-refractivity contribution in [3.8, 4) is 0 Å². The molecule has 0 aromatic heterocycles. The van der Waals surface area contributed by atoms with Crippen molar-refractivity contribution in [1.82, 2.24) is 0 Å². The lowest BCUT2D eigenvalue weighted by atomic mass is 9.83. The van der Waals surface area contributed by atoms with Crippen LogP contribution in [0.5, 0.6) is 0 Å². The number of rotatable bonds is 6. The van der Waals surface area contributed by atoms with E-state index in [1.807, 2.05) is 0 Å². The normalized spacial score (nSPS) is 11.9. The predicted molar refractivity (Wildman–Crippen MR) is 227 cm³/mol. The van der Waals surface area contributed by atoms with Gasteiger partial charge in [0, 0.05) is 38.9 Å². The van der Waals surface area contributed by atoms with E-state index >= 15 is 0 Å². The molecule has 0 bridgehead atoms. The van der Waals surface area contributed by atoms with Gasteiger partial charge in [0.15, 0.2) is 0 Å². The van der Waals surface area contributed by atoms with Gasteiger partial charge in [0.05, 0.1) is 11.4 Å². The fourth-order valence-electron chi connectivity index (χ4n) is 8.00. The molecule has 8 aromatic rings. The summed E-state index contributed by atoms with van der Waals surface area (Å²) in [5, 5.41) is 7.67. The molecular weight excluding hydrogens is 629 g/mol. The Balaban J connectivity index is 1.55. The van der Waals surface area contributed by atoms with Gasteiger partial charge in [0.1, 0.15) is 0 Å². The van der Waals surface area contributed by atoms with Crippen molar-refractivity contribution in [3.05, 3.63) is 166 Å². The van der Waals surface area contributed by atoms with Crippen LogP contribution < -0.4 is 9.80 Å². The zero-order valence-electron chi connectivity index (χ0n) is 32.0. The van der Waals surface area contributed by atoms with Gasteiger partial charge in [-0.15, -0.1) is 0 Å². The lowest BCUT2D eigenvalue weighted by Gasteiger charge is -2.33. The van der Waals surface area contributed by atoms with Gasteiger partial charge < -0.3 is 9.80 Å². The lowest BCUT2D eigenvalue weighted by molar-refractivity contribution is 0.591. The van der Waals surface area contributed by atoms with E-state index < -0.39 is 0 Å². The molecule has 258 valence electrons. The van der Waals surface area contributed by atoms with E-state index in [0.717, 1.165) is 22.7 Å². The molecule has 0 aliphatic heterocycles. The first-order valence-corrected chi connectivity index (χ1v) is 18.5. The molecule has 2 nitrogen and oxygen atoms in total. The standard InChI is InChI=1S/C50H48N2/c1-31-10-18-40(19-11-31)51(44-24-14-33(3)26-35(44)5)46-30-47(52(41-20-12-32(2)13-21-41)45-25-15-34(4)27-36(45)6)43-23-17-38-29-39(50(7,8)9)28-37-16-22-42(46)49(43)48(37)38/h10-30H,1-9H3. The van der Waals surface area contributed by atoms with Crippen molar-refractivity contribution >= 4 is 66.4 Å². The zero-order chi connectivity index (χ0) is 36.5. The molecule has 0 unspecified atom stereocenters. The largest absolute Gasteiger partial charge is 0.310 e. The Hall–Kier alpha value is -5.60. The van der Waals surface area contributed by atoms with Crippen molar-refractivity contribution in [2.45, 2.75) is 67.7 Å². The minimum Gasteiger partial charge on any atom is -0.310 e. The van der Waals surface area contributed by atoms with Crippen LogP contribution in [0.25, 0.3) is 32.3 Å². The molecule has 8 aromatic carbocycles. The van der Waals surface area contributed by atoms with Crippen molar-refractivity contribution in [2.24, 2.45) is 0 Å². The first kappa shape index (κ1) is 33.5. The van der Waals surface area contributed by atoms with E-state index in [9.17, 15) is 0 Å². The maximum Gasteiger partial charge on any atom is 0.0561 e. The van der Waals surface area contributed by atoms with E-state index in [-0.39, 0.29) is 5.41 Å². The Bertz CT molecular complexity index is 2430. The minimum atomic E-state index is 0.0389. The maximum atomic E-state index is 2.49. The van der Waals surface area contributed by atoms with E-state index in [2.05, 4.69) is 200 Å². The molecule has 0 saturated heterocycles. The van der Waals surface area contributed by atoms with E-state index in [1.165, 1.54) is 82.6 Å². The Kier molecular flexibility index (Phi) is 8.10. The molecule has 8 rings (SSSR count). The molecule has 0 atom stereocenters. The Morgan fingerprint density at radius 2 is 0.769 bits per heavy atom. The molecule has 0 aliphatic carbocycles. The van der Waals surface area contributed by atoms with E-state index in [4.69, 9.17) is 0 Å². The third-order valence-electron chi connectivity index (χ3n) is 10.8. The summed E-state index contributed by atoms with van der Waals surface area (Å²) in [6.45, 7) is 20.1. The molecule has 0 saturated carbocycles. The maximum absolute atomic E-state index is 2.49. The molecule has 0 aliphatic rings. The summed E-state index contributed by atoms with van der Waals surface area (Å²) >= 11 is 0. The van der Waals surface area contributed by atoms with Crippen molar-refractivity contribution in [3.63, 3.8) is 0 Å². The van der Waals surface area contributed by atoms with E-state index in [1.54, 1.807) is 0 Å². The third kappa shape index (κ3) is 5.77. The second kappa shape index (κ2) is 12.6. The number of aryl methyl sites for hydroxylation is 6. The molecule has 0 amide bonds. The van der Waals surface area contributed by atoms with Crippen LogP contribution in [0.1, 0.15) is 59.7 Å². The first-order valence-electron chi connectivity index (χ1n) is 18.5. The highest BCUT2D eigenvalue weighted by Gasteiger charge is 2.26. The van der Waals surface area contributed by atoms with Crippen LogP contribution in [-0.4, -0.2) is 0 Å². The fourth-order valence-corrected chi connectivity index (χ4v) is 8.00. The minimum absolute atomic E-state index is 0.0389. The van der Waals surface area contributed by atoms with Crippen LogP contribution in [0, 0.1) is 41.5 Å². The molecule has 0 radical (unpaired) electrons. The number of hydrogen-bond donors (Lipinski definition) is 0. The summed E-state index contributed by atoms with van der Waals surface area (Å²) in [4.78, 5) is 4.97. The summed E-state index contributed by atoms with van der Waals surface area (Å²) in [5.74, 6) is 0. The smallest absolute Gasteiger partial charge is 0.0561 e. The summed E-state index contributed by atoms with van der Waals surface area (Å²) in [5.41, 5.74) is 15.9. The average molecular weight is 677 g/mol. The predicted octanol–water partition coefficient (Wildman–Crippen LogP) is 14.7. The topological polar surface area (TPSA) is 6.48 Å². The second-order valence-electron chi connectivity index (χ2n) is 16.0. The van der Waals surface area contributed by atoms with Crippen LogP contribution in [0.15, 0.2) is 127 Å². The van der Waals surface area contributed by atoms with Crippen molar-refractivity contribution in [2.75, 3.05) is 9.80 Å². The van der Waals surface area contributed by atoms with Crippen LogP contribution in [0.2, 0.25) is 0 Å². The van der Waals surface area contributed by atoms with Gasteiger partial charge in [-0.25, -0.2) is 0 Å². The van der Waals surface area contributed by atoms with Crippen LogP contribution in [-0.2, 0) is 5.41 Å². The summed E-state index contributed by atoms with van der Waals surface area (Å²) in [6, 6.07) is 48.3. The molecular formula is C50H48N2. The number of benzene rings is 8. The van der Waals surface area contributed by atoms with Gasteiger partial charge in [-0.2, -0.15) is 0 Å². The van der Waals surface area contributed by atoms with Gasteiger partial charge in [-0.05, 0) is 122 Å². The Morgan fingerprint density at radius 3 is 1.15 bits per heavy atom. The number of hydrogen-bond acceptors (Lipinski definition) is 2. The highest BCUT2D eigenvalue weighted by Crippen LogP contribution is 2.51. The fraction of sp³-hybridized carbons (Fsp3) is 0.200. The molecule has 0 heterocycles. The SMILES string of the molecule is Cc1ccc(N(c2ccc(C)cc2C)c2cc(N(c3ccc(C)cc3)c3ccc(C)cc3C)c3ccc4cc(C(C)(C)C)cc5ccc2c3c54)cc1.